The van der Waals surface area contributed by atoms with E-state index >= 15 is 0 Å². The monoisotopic (exact) mass is 358 g/mol. The normalized spacial score (nSPS) is 19.7. The topological polar surface area (TPSA) is 87.5 Å². The van der Waals surface area contributed by atoms with Gasteiger partial charge in [-0.3, -0.25) is 4.79 Å². The van der Waals surface area contributed by atoms with E-state index in [4.69, 9.17) is 5.73 Å². The lowest BCUT2D eigenvalue weighted by Crippen LogP contribution is -2.40. The number of amides is 3. The zero-order chi connectivity index (χ0) is 18.0. The van der Waals surface area contributed by atoms with Crippen LogP contribution in [0.15, 0.2) is 35.7 Å². The summed E-state index contributed by atoms with van der Waals surface area (Å²) in [6.07, 6.45) is 0. The standard InChI is InChI=1S/C18H22N4O2S/c1-11-9-22(10-16(11)20-12(2)23)18(24)21-15-8-13(5-6-14(15)19)17-4-3-7-25-17/h3-8,11,16H,9-10,19H2,1-2H3,(H,20,23)(H,21,24). The summed E-state index contributed by atoms with van der Waals surface area (Å²) >= 11 is 1.64. The van der Waals surface area contributed by atoms with Gasteiger partial charge in [-0.2, -0.15) is 0 Å². The molecule has 1 fully saturated rings. The van der Waals surface area contributed by atoms with Gasteiger partial charge < -0.3 is 21.3 Å². The summed E-state index contributed by atoms with van der Waals surface area (Å²) in [5.41, 5.74) is 8.17. The van der Waals surface area contributed by atoms with Crippen molar-refractivity contribution < 1.29 is 9.59 Å². The predicted octanol–water partition coefficient (Wildman–Crippen LogP) is 2.99. The SMILES string of the molecule is CC(=O)NC1CN(C(=O)Nc2cc(-c3cccs3)ccc2N)CC1C. The molecule has 2 aromatic rings. The van der Waals surface area contributed by atoms with Crippen LogP contribution in [0.3, 0.4) is 0 Å². The summed E-state index contributed by atoms with van der Waals surface area (Å²) in [5, 5.41) is 7.81. The average Bonchev–Trinajstić information content (AvgIpc) is 3.20. The fourth-order valence-corrected chi connectivity index (χ4v) is 3.76. The molecule has 1 aromatic heterocycles. The number of hydrogen-bond donors (Lipinski definition) is 3. The third kappa shape index (κ3) is 3.93. The van der Waals surface area contributed by atoms with Crippen LogP contribution in [-0.2, 0) is 4.79 Å². The van der Waals surface area contributed by atoms with Crippen LogP contribution in [-0.4, -0.2) is 36.0 Å². The molecule has 7 heteroatoms. The Morgan fingerprint density at radius 3 is 2.76 bits per heavy atom. The minimum absolute atomic E-state index is 0.0157. The van der Waals surface area contributed by atoms with Crippen LogP contribution in [0.2, 0.25) is 0 Å². The highest BCUT2D eigenvalue weighted by Crippen LogP contribution is 2.30. The molecule has 0 radical (unpaired) electrons. The fourth-order valence-electron chi connectivity index (χ4n) is 3.04. The van der Waals surface area contributed by atoms with Gasteiger partial charge in [0.25, 0.3) is 0 Å². The Balaban J connectivity index is 1.71. The third-order valence-electron chi connectivity index (χ3n) is 4.39. The number of anilines is 2. The number of carbonyl (C=O) groups is 2. The van der Waals surface area contributed by atoms with E-state index in [1.165, 1.54) is 6.92 Å². The van der Waals surface area contributed by atoms with Crippen molar-refractivity contribution in [3.8, 4) is 10.4 Å². The van der Waals surface area contributed by atoms with Crippen molar-refractivity contribution in [1.82, 2.24) is 10.2 Å². The molecule has 0 bridgehead atoms. The van der Waals surface area contributed by atoms with Gasteiger partial charge in [-0.25, -0.2) is 4.79 Å². The minimum Gasteiger partial charge on any atom is -0.397 e. The highest BCUT2D eigenvalue weighted by atomic mass is 32.1. The van der Waals surface area contributed by atoms with Crippen molar-refractivity contribution in [3.05, 3.63) is 35.7 Å². The fraction of sp³-hybridized carbons (Fsp3) is 0.333. The van der Waals surface area contributed by atoms with E-state index in [1.54, 1.807) is 22.3 Å². The predicted molar refractivity (Wildman–Crippen MR) is 102 cm³/mol. The second-order valence-electron chi connectivity index (χ2n) is 6.40. The molecule has 2 heterocycles. The molecule has 0 aliphatic carbocycles. The van der Waals surface area contributed by atoms with Crippen LogP contribution < -0.4 is 16.4 Å². The molecule has 2 atom stereocenters. The minimum atomic E-state index is -0.199. The van der Waals surface area contributed by atoms with Crippen LogP contribution in [0, 0.1) is 5.92 Å². The van der Waals surface area contributed by atoms with Gasteiger partial charge in [-0.05, 0) is 35.1 Å². The van der Waals surface area contributed by atoms with E-state index in [1.807, 2.05) is 36.6 Å². The van der Waals surface area contributed by atoms with E-state index in [-0.39, 0.29) is 23.9 Å². The van der Waals surface area contributed by atoms with Gasteiger partial charge in [0.05, 0.1) is 17.4 Å². The molecule has 132 valence electrons. The Morgan fingerprint density at radius 2 is 2.08 bits per heavy atom. The summed E-state index contributed by atoms with van der Waals surface area (Å²) in [6.45, 7) is 4.62. The number of benzene rings is 1. The largest absolute Gasteiger partial charge is 0.397 e. The zero-order valence-corrected chi connectivity index (χ0v) is 15.1. The molecule has 2 unspecified atom stereocenters. The summed E-state index contributed by atoms with van der Waals surface area (Å²) < 4.78 is 0. The van der Waals surface area contributed by atoms with E-state index in [0.717, 1.165) is 10.4 Å². The van der Waals surface area contributed by atoms with Gasteiger partial charge in [-0.1, -0.05) is 19.1 Å². The first-order valence-corrected chi connectivity index (χ1v) is 9.08. The first-order chi connectivity index (χ1) is 11.9. The highest BCUT2D eigenvalue weighted by Gasteiger charge is 2.33. The maximum atomic E-state index is 12.6. The van der Waals surface area contributed by atoms with E-state index < -0.39 is 0 Å². The number of nitrogens with two attached hydrogens (primary N) is 1. The Kier molecular flexibility index (Phi) is 4.94. The van der Waals surface area contributed by atoms with E-state index in [9.17, 15) is 9.59 Å². The van der Waals surface area contributed by atoms with Crippen molar-refractivity contribution in [2.45, 2.75) is 19.9 Å². The second-order valence-corrected chi connectivity index (χ2v) is 7.35. The molecule has 4 N–H and O–H groups in total. The van der Waals surface area contributed by atoms with Crippen molar-refractivity contribution in [1.29, 1.82) is 0 Å². The first-order valence-electron chi connectivity index (χ1n) is 8.20. The molecule has 1 aliphatic rings. The number of thiophene rings is 1. The smallest absolute Gasteiger partial charge is 0.321 e. The van der Waals surface area contributed by atoms with E-state index in [2.05, 4.69) is 10.6 Å². The number of hydrogen-bond acceptors (Lipinski definition) is 4. The summed E-state index contributed by atoms with van der Waals surface area (Å²) in [4.78, 5) is 26.7. The number of likely N-dealkylation sites (tertiary alicyclic amines) is 1. The average molecular weight is 358 g/mol. The molecule has 0 saturated carbocycles. The van der Waals surface area contributed by atoms with Gasteiger partial charge in [0.2, 0.25) is 5.91 Å². The molecular formula is C18H22N4O2S. The first kappa shape index (κ1) is 17.3. The van der Waals surface area contributed by atoms with Gasteiger partial charge in [0, 0.05) is 24.9 Å². The van der Waals surface area contributed by atoms with Crippen molar-refractivity contribution >= 4 is 34.6 Å². The lowest BCUT2D eigenvalue weighted by Gasteiger charge is -2.18. The molecule has 6 nitrogen and oxygen atoms in total. The van der Waals surface area contributed by atoms with Gasteiger partial charge in [0.15, 0.2) is 0 Å². The lowest BCUT2D eigenvalue weighted by molar-refractivity contribution is -0.119. The molecule has 25 heavy (non-hydrogen) atoms. The quantitative estimate of drug-likeness (QED) is 0.737. The number of nitrogen functional groups attached to an aromatic ring is 1. The van der Waals surface area contributed by atoms with Crippen LogP contribution >= 0.6 is 11.3 Å². The zero-order valence-electron chi connectivity index (χ0n) is 14.3. The molecule has 1 aliphatic heterocycles. The van der Waals surface area contributed by atoms with Gasteiger partial charge in [0.1, 0.15) is 0 Å². The second kappa shape index (κ2) is 7.14. The van der Waals surface area contributed by atoms with Crippen LogP contribution in [0.1, 0.15) is 13.8 Å². The molecule has 1 saturated heterocycles. The summed E-state index contributed by atoms with van der Waals surface area (Å²) in [6, 6.07) is 9.44. The lowest BCUT2D eigenvalue weighted by atomic mass is 10.1. The van der Waals surface area contributed by atoms with Crippen LogP contribution in [0.4, 0.5) is 16.2 Å². The number of urea groups is 1. The molecular weight excluding hydrogens is 336 g/mol. The number of nitrogens with one attached hydrogen (secondary N) is 2. The Hall–Kier alpha value is -2.54. The Labute approximate surface area is 151 Å². The van der Waals surface area contributed by atoms with Crippen LogP contribution in [0.25, 0.3) is 10.4 Å². The van der Waals surface area contributed by atoms with Crippen molar-refractivity contribution in [2.75, 3.05) is 24.1 Å². The Morgan fingerprint density at radius 1 is 1.28 bits per heavy atom. The number of nitrogens with zero attached hydrogens (tertiary/aromatic N) is 1. The maximum Gasteiger partial charge on any atom is 0.321 e. The third-order valence-corrected chi connectivity index (χ3v) is 5.31. The van der Waals surface area contributed by atoms with Crippen LogP contribution in [0.5, 0.6) is 0 Å². The maximum absolute atomic E-state index is 12.6. The summed E-state index contributed by atoms with van der Waals surface area (Å²) in [5.74, 6) is 0.136. The Bertz CT molecular complexity index is 775. The number of carbonyl (C=O) groups excluding carboxylic acids is 2. The van der Waals surface area contributed by atoms with Gasteiger partial charge in [-0.15, -0.1) is 11.3 Å². The molecule has 0 spiro atoms. The molecule has 1 aromatic carbocycles. The molecule has 3 rings (SSSR count). The van der Waals surface area contributed by atoms with Crippen molar-refractivity contribution in [2.24, 2.45) is 5.92 Å². The molecule has 3 amide bonds. The van der Waals surface area contributed by atoms with E-state index in [0.29, 0.717) is 24.5 Å². The summed E-state index contributed by atoms with van der Waals surface area (Å²) in [7, 11) is 0. The van der Waals surface area contributed by atoms with Gasteiger partial charge >= 0.3 is 6.03 Å². The van der Waals surface area contributed by atoms with Crippen molar-refractivity contribution in [3.63, 3.8) is 0 Å². The number of rotatable bonds is 3. The highest BCUT2D eigenvalue weighted by molar-refractivity contribution is 7.13.